The molecule has 0 saturated heterocycles. The van der Waals surface area contributed by atoms with E-state index in [1.54, 1.807) is 12.4 Å². The zero-order chi connectivity index (χ0) is 10.9. The first-order valence-electron chi connectivity index (χ1n) is 4.87. The van der Waals surface area contributed by atoms with Gasteiger partial charge in [-0.1, -0.05) is 25.6 Å². The normalized spacial score (nSPS) is 11.1. The van der Waals surface area contributed by atoms with Crippen molar-refractivity contribution in [1.82, 2.24) is 14.4 Å². The van der Waals surface area contributed by atoms with E-state index in [0.717, 1.165) is 5.69 Å². The molecule has 0 N–H and O–H groups in total. The number of nitrogens with zero attached hydrogens (tertiary/aromatic N) is 3. The molecule has 0 fully saturated rings. The fraction of sp³-hybridized carbons (Fsp3) is 0.273. The lowest BCUT2D eigenvalue weighted by Crippen LogP contribution is -2.16. The van der Waals surface area contributed by atoms with E-state index in [4.69, 9.17) is 0 Å². The monoisotopic (exact) mass is 215 g/mol. The zero-order valence-electron chi connectivity index (χ0n) is 9.15. The molecule has 4 heteroatoms. The first-order valence-corrected chi connectivity index (χ1v) is 8.37. The van der Waals surface area contributed by atoms with Gasteiger partial charge in [0.05, 0.1) is 6.20 Å². The Bertz CT molecular complexity index is 540. The summed E-state index contributed by atoms with van der Waals surface area (Å²) in [5.74, 6) is 3.89. The molecule has 0 saturated carbocycles. The maximum absolute atomic E-state index is 4.18. The van der Waals surface area contributed by atoms with Gasteiger partial charge in [-0.2, -0.15) is 0 Å². The highest BCUT2D eigenvalue weighted by Gasteiger charge is 2.08. The van der Waals surface area contributed by atoms with E-state index in [1.165, 1.54) is 0 Å². The standard InChI is InChI=1S/C11H13N3Si/c1-15(2,3)8-5-10-9-13-11-12-6-4-7-14(10)11/h4,6-7,9H,1-3H3. The van der Waals surface area contributed by atoms with Crippen LogP contribution in [0.4, 0.5) is 0 Å². The van der Waals surface area contributed by atoms with E-state index in [0.29, 0.717) is 5.78 Å². The van der Waals surface area contributed by atoms with Crippen LogP contribution in [0, 0.1) is 11.5 Å². The minimum absolute atomic E-state index is 0.706. The Morgan fingerprint density at radius 1 is 1.27 bits per heavy atom. The van der Waals surface area contributed by atoms with Crippen LogP contribution in [0.1, 0.15) is 5.69 Å². The zero-order valence-corrected chi connectivity index (χ0v) is 10.2. The molecule has 0 aliphatic rings. The Balaban J connectivity index is 2.48. The summed E-state index contributed by atoms with van der Waals surface area (Å²) in [6, 6.07) is 1.88. The molecule has 0 aliphatic heterocycles. The molecule has 2 aromatic rings. The van der Waals surface area contributed by atoms with Gasteiger partial charge in [-0.15, -0.1) is 5.54 Å². The van der Waals surface area contributed by atoms with Crippen LogP contribution < -0.4 is 0 Å². The number of aromatic nitrogens is 3. The molecule has 2 heterocycles. The van der Waals surface area contributed by atoms with Crippen LogP contribution in [-0.4, -0.2) is 22.4 Å². The van der Waals surface area contributed by atoms with Crippen molar-refractivity contribution >= 4 is 13.9 Å². The number of rotatable bonds is 0. The van der Waals surface area contributed by atoms with Crippen LogP contribution in [0.2, 0.25) is 19.6 Å². The predicted octanol–water partition coefficient (Wildman–Crippen LogP) is 1.96. The van der Waals surface area contributed by atoms with E-state index in [-0.39, 0.29) is 0 Å². The fourth-order valence-electron chi connectivity index (χ4n) is 1.17. The Morgan fingerprint density at radius 3 is 2.80 bits per heavy atom. The summed E-state index contributed by atoms with van der Waals surface area (Å²) in [7, 11) is -1.32. The van der Waals surface area contributed by atoms with E-state index in [9.17, 15) is 0 Å². The van der Waals surface area contributed by atoms with Crippen LogP contribution in [0.15, 0.2) is 24.7 Å². The Labute approximate surface area is 90.2 Å². The molecule has 2 aromatic heterocycles. The van der Waals surface area contributed by atoms with Crippen LogP contribution >= 0.6 is 0 Å². The molecule has 0 aliphatic carbocycles. The van der Waals surface area contributed by atoms with Gasteiger partial charge < -0.3 is 0 Å². The van der Waals surface area contributed by atoms with E-state index in [2.05, 4.69) is 41.1 Å². The Morgan fingerprint density at radius 2 is 2.07 bits per heavy atom. The summed E-state index contributed by atoms with van der Waals surface area (Å²) in [4.78, 5) is 8.33. The number of hydrogen-bond acceptors (Lipinski definition) is 2. The lowest BCUT2D eigenvalue weighted by molar-refractivity contribution is 1.09. The third kappa shape index (κ3) is 2.25. The summed E-state index contributed by atoms with van der Waals surface area (Å²) < 4.78 is 1.91. The summed E-state index contributed by atoms with van der Waals surface area (Å²) in [6.45, 7) is 6.67. The SMILES string of the molecule is C[Si](C)(C)C#Cc1cnc2ncccn12. The summed E-state index contributed by atoms with van der Waals surface area (Å²) >= 11 is 0. The molecular formula is C11H13N3Si. The highest BCUT2D eigenvalue weighted by Crippen LogP contribution is 2.03. The average Bonchev–Trinajstić information content (AvgIpc) is 2.57. The summed E-state index contributed by atoms with van der Waals surface area (Å²) in [5, 5.41) is 0. The minimum atomic E-state index is -1.32. The van der Waals surface area contributed by atoms with Crippen molar-refractivity contribution in [2.45, 2.75) is 19.6 Å². The maximum atomic E-state index is 4.18. The van der Waals surface area contributed by atoms with Crippen molar-refractivity contribution in [3.8, 4) is 11.5 Å². The maximum Gasteiger partial charge on any atom is 0.234 e. The summed E-state index contributed by atoms with van der Waals surface area (Å²) in [6.07, 6.45) is 5.44. The Kier molecular flexibility index (Phi) is 2.33. The van der Waals surface area contributed by atoms with Crippen LogP contribution in [-0.2, 0) is 0 Å². The molecule has 2 rings (SSSR count). The van der Waals surface area contributed by atoms with Gasteiger partial charge in [0.2, 0.25) is 5.78 Å². The van der Waals surface area contributed by atoms with Gasteiger partial charge in [0.25, 0.3) is 0 Å². The van der Waals surface area contributed by atoms with Crippen LogP contribution in [0.25, 0.3) is 5.78 Å². The number of fused-ring (bicyclic) bond motifs is 1. The van der Waals surface area contributed by atoms with Gasteiger partial charge in [-0.05, 0) is 6.07 Å². The predicted molar refractivity (Wildman–Crippen MR) is 63.2 cm³/mol. The molecule has 76 valence electrons. The van der Waals surface area contributed by atoms with E-state index < -0.39 is 8.07 Å². The van der Waals surface area contributed by atoms with E-state index >= 15 is 0 Å². The van der Waals surface area contributed by atoms with Crippen LogP contribution in [0.5, 0.6) is 0 Å². The third-order valence-electron chi connectivity index (χ3n) is 1.85. The molecule has 15 heavy (non-hydrogen) atoms. The first-order chi connectivity index (χ1) is 7.06. The largest absolute Gasteiger partial charge is 0.277 e. The van der Waals surface area contributed by atoms with Crippen molar-refractivity contribution in [3.63, 3.8) is 0 Å². The minimum Gasteiger partial charge on any atom is -0.277 e. The molecular weight excluding hydrogens is 202 g/mol. The summed E-state index contributed by atoms with van der Waals surface area (Å²) in [5.41, 5.74) is 4.23. The lowest BCUT2D eigenvalue weighted by atomic mass is 10.5. The molecule has 0 unspecified atom stereocenters. The van der Waals surface area contributed by atoms with Crippen molar-refractivity contribution < 1.29 is 0 Å². The smallest absolute Gasteiger partial charge is 0.234 e. The molecule has 0 radical (unpaired) electrons. The van der Waals surface area contributed by atoms with Gasteiger partial charge in [-0.25, -0.2) is 9.97 Å². The van der Waals surface area contributed by atoms with Crippen LogP contribution in [0.3, 0.4) is 0 Å². The second-order valence-electron chi connectivity index (χ2n) is 4.43. The highest BCUT2D eigenvalue weighted by atomic mass is 28.3. The molecule has 0 atom stereocenters. The molecule has 0 amide bonds. The molecule has 0 spiro atoms. The quantitative estimate of drug-likeness (QED) is 0.497. The average molecular weight is 215 g/mol. The van der Waals surface area contributed by atoms with Crippen molar-refractivity contribution in [1.29, 1.82) is 0 Å². The second kappa shape index (κ2) is 3.52. The number of imidazole rings is 1. The highest BCUT2D eigenvalue weighted by molar-refractivity contribution is 6.83. The third-order valence-corrected chi connectivity index (χ3v) is 2.73. The first kappa shape index (κ1) is 9.93. The van der Waals surface area contributed by atoms with Gasteiger partial charge in [0.1, 0.15) is 13.8 Å². The van der Waals surface area contributed by atoms with Crippen molar-refractivity contribution in [2.24, 2.45) is 0 Å². The van der Waals surface area contributed by atoms with Crippen molar-refractivity contribution in [3.05, 3.63) is 30.4 Å². The number of hydrogen-bond donors (Lipinski definition) is 0. The van der Waals surface area contributed by atoms with Gasteiger partial charge >= 0.3 is 0 Å². The lowest BCUT2D eigenvalue weighted by Gasteiger charge is -2.02. The molecule has 3 nitrogen and oxygen atoms in total. The van der Waals surface area contributed by atoms with Gasteiger partial charge in [0.15, 0.2) is 0 Å². The second-order valence-corrected chi connectivity index (χ2v) is 9.18. The van der Waals surface area contributed by atoms with Crippen molar-refractivity contribution in [2.75, 3.05) is 0 Å². The van der Waals surface area contributed by atoms with Gasteiger partial charge in [0, 0.05) is 12.4 Å². The fourth-order valence-corrected chi connectivity index (χ4v) is 1.67. The topological polar surface area (TPSA) is 30.2 Å². The molecule has 0 aromatic carbocycles. The van der Waals surface area contributed by atoms with Gasteiger partial charge in [-0.3, -0.25) is 4.40 Å². The Hall–Kier alpha value is -1.60. The van der Waals surface area contributed by atoms with E-state index in [1.807, 2.05) is 16.7 Å². The molecule has 0 bridgehead atoms.